The van der Waals surface area contributed by atoms with Gasteiger partial charge in [0.05, 0.1) is 11.9 Å². The van der Waals surface area contributed by atoms with Crippen LogP contribution in [0.3, 0.4) is 0 Å². The Labute approximate surface area is 136 Å². The molecule has 0 radical (unpaired) electrons. The number of imidazole rings is 1. The van der Waals surface area contributed by atoms with Crippen molar-refractivity contribution in [1.29, 1.82) is 0 Å². The van der Waals surface area contributed by atoms with E-state index in [0.29, 0.717) is 6.54 Å². The molecule has 0 unspecified atom stereocenters. The van der Waals surface area contributed by atoms with Crippen molar-refractivity contribution < 1.29 is 4.39 Å². The Morgan fingerprint density at radius 2 is 1.96 bits per heavy atom. The topological polar surface area (TPSA) is 42.2 Å². The minimum Gasteiger partial charge on any atom is -0.356 e. The lowest BCUT2D eigenvalue weighted by atomic mass is 10.2. The van der Waals surface area contributed by atoms with Crippen LogP contribution in [0, 0.1) is 5.82 Å². The van der Waals surface area contributed by atoms with Crippen molar-refractivity contribution in [2.75, 3.05) is 5.32 Å². The summed E-state index contributed by atoms with van der Waals surface area (Å²) in [4.78, 5) is 5.13. The predicted octanol–water partition coefficient (Wildman–Crippen LogP) is 4.21. The molecule has 0 atom stereocenters. The first-order valence-electron chi connectivity index (χ1n) is 7.18. The highest BCUT2D eigenvalue weighted by Gasteiger charge is 2.11. The Hall–Kier alpha value is -2.73. The number of fused-ring (bicyclic) bond motifs is 1. The van der Waals surface area contributed by atoms with Crippen LogP contribution in [0.25, 0.3) is 16.2 Å². The van der Waals surface area contributed by atoms with Gasteiger partial charge in [-0.05, 0) is 17.7 Å². The van der Waals surface area contributed by atoms with Crippen LogP contribution in [0.15, 0.2) is 60.8 Å². The van der Waals surface area contributed by atoms with Crippen LogP contribution in [-0.4, -0.2) is 14.6 Å². The molecule has 4 aromatic rings. The Bertz CT molecular complexity index is 946. The molecule has 114 valence electrons. The van der Waals surface area contributed by atoms with E-state index in [9.17, 15) is 4.39 Å². The lowest BCUT2D eigenvalue weighted by Crippen LogP contribution is -1.99. The molecule has 0 amide bonds. The zero-order valence-corrected chi connectivity index (χ0v) is 12.9. The van der Waals surface area contributed by atoms with Crippen LogP contribution in [-0.2, 0) is 6.54 Å². The number of anilines is 1. The summed E-state index contributed by atoms with van der Waals surface area (Å²) in [6, 6.07) is 16.6. The largest absolute Gasteiger partial charge is 0.356 e. The Morgan fingerprint density at radius 1 is 1.09 bits per heavy atom. The average molecular weight is 324 g/mol. The maximum absolute atomic E-state index is 13.4. The molecule has 0 aliphatic carbocycles. The smallest absolute Gasteiger partial charge is 0.214 e. The Balaban J connectivity index is 1.62. The van der Waals surface area contributed by atoms with E-state index >= 15 is 0 Å². The molecule has 1 N–H and O–H groups in total. The Morgan fingerprint density at radius 3 is 2.78 bits per heavy atom. The van der Waals surface area contributed by atoms with Crippen LogP contribution >= 0.6 is 11.3 Å². The van der Waals surface area contributed by atoms with Gasteiger partial charge in [0.15, 0.2) is 0 Å². The number of nitrogens with one attached hydrogen (secondary N) is 1. The summed E-state index contributed by atoms with van der Waals surface area (Å²) in [5.74, 6) is -0.268. The highest BCUT2D eigenvalue weighted by Crippen LogP contribution is 2.26. The molecule has 2 aromatic heterocycles. The Kier molecular flexibility index (Phi) is 3.51. The lowest BCUT2D eigenvalue weighted by Gasteiger charge is -2.02. The maximum atomic E-state index is 13.4. The zero-order valence-electron chi connectivity index (χ0n) is 12.1. The third-order valence-electron chi connectivity index (χ3n) is 3.49. The van der Waals surface area contributed by atoms with Gasteiger partial charge in [-0.25, -0.2) is 13.9 Å². The van der Waals surface area contributed by atoms with Gasteiger partial charge < -0.3 is 5.32 Å². The molecule has 4 nitrogen and oxygen atoms in total. The van der Waals surface area contributed by atoms with Crippen LogP contribution in [0.2, 0.25) is 0 Å². The molecular formula is C17H13FN4S. The normalized spacial score (nSPS) is 11.0. The fourth-order valence-corrected chi connectivity index (χ4v) is 3.15. The molecule has 0 saturated carbocycles. The maximum Gasteiger partial charge on any atom is 0.214 e. The van der Waals surface area contributed by atoms with E-state index in [-0.39, 0.29) is 5.82 Å². The molecule has 0 aliphatic heterocycles. The molecule has 0 saturated heterocycles. The molecule has 0 spiro atoms. The summed E-state index contributed by atoms with van der Waals surface area (Å²) >= 11 is 1.47. The SMILES string of the molecule is Fc1cccc(-c2cnc3sc(NCc4ccccc4)nn23)c1. The highest BCUT2D eigenvalue weighted by atomic mass is 32.1. The van der Waals surface area contributed by atoms with E-state index in [1.165, 1.54) is 29.0 Å². The standard InChI is InChI=1S/C17H13FN4S/c18-14-8-4-7-13(9-14)15-11-20-17-22(15)21-16(23-17)19-10-12-5-2-1-3-6-12/h1-9,11H,10H2,(H,19,21). The third-order valence-corrected chi connectivity index (χ3v) is 4.37. The van der Waals surface area contributed by atoms with E-state index in [0.717, 1.165) is 21.3 Å². The molecule has 2 heterocycles. The van der Waals surface area contributed by atoms with Crippen molar-refractivity contribution >= 4 is 21.4 Å². The predicted molar refractivity (Wildman–Crippen MR) is 90.0 cm³/mol. The van der Waals surface area contributed by atoms with Crippen molar-refractivity contribution in [1.82, 2.24) is 14.6 Å². The van der Waals surface area contributed by atoms with Gasteiger partial charge in [-0.2, -0.15) is 0 Å². The monoisotopic (exact) mass is 324 g/mol. The number of benzene rings is 2. The summed E-state index contributed by atoms with van der Waals surface area (Å²) in [6.45, 7) is 0.701. The van der Waals surface area contributed by atoms with Crippen molar-refractivity contribution in [3.8, 4) is 11.3 Å². The first kappa shape index (κ1) is 13.9. The summed E-state index contributed by atoms with van der Waals surface area (Å²) in [5.41, 5.74) is 2.73. The number of aromatic nitrogens is 3. The number of nitrogens with zero attached hydrogens (tertiary/aromatic N) is 3. The second-order valence-electron chi connectivity index (χ2n) is 5.09. The molecule has 0 fully saturated rings. The molecule has 23 heavy (non-hydrogen) atoms. The number of rotatable bonds is 4. The van der Waals surface area contributed by atoms with Crippen LogP contribution in [0.5, 0.6) is 0 Å². The van der Waals surface area contributed by atoms with Gasteiger partial charge in [-0.3, -0.25) is 0 Å². The van der Waals surface area contributed by atoms with Crippen LogP contribution < -0.4 is 5.32 Å². The highest BCUT2D eigenvalue weighted by molar-refractivity contribution is 7.20. The second-order valence-corrected chi connectivity index (χ2v) is 6.05. The van der Waals surface area contributed by atoms with Gasteiger partial charge in [0.25, 0.3) is 0 Å². The van der Waals surface area contributed by atoms with Gasteiger partial charge in [-0.15, -0.1) is 5.10 Å². The molecule has 0 aliphatic rings. The summed E-state index contributed by atoms with van der Waals surface area (Å²) < 4.78 is 15.2. The first-order valence-corrected chi connectivity index (χ1v) is 7.99. The van der Waals surface area contributed by atoms with Crippen molar-refractivity contribution in [2.24, 2.45) is 0 Å². The quantitative estimate of drug-likeness (QED) is 0.611. The van der Waals surface area contributed by atoms with Crippen LogP contribution in [0.1, 0.15) is 5.56 Å². The number of hydrogen-bond acceptors (Lipinski definition) is 4. The fraction of sp³-hybridized carbons (Fsp3) is 0.0588. The molecule has 6 heteroatoms. The van der Waals surface area contributed by atoms with E-state index in [4.69, 9.17) is 0 Å². The van der Waals surface area contributed by atoms with E-state index in [2.05, 4.69) is 27.5 Å². The van der Waals surface area contributed by atoms with Gasteiger partial charge in [-0.1, -0.05) is 53.8 Å². The van der Waals surface area contributed by atoms with Gasteiger partial charge in [0.1, 0.15) is 5.82 Å². The zero-order chi connectivity index (χ0) is 15.6. The first-order chi connectivity index (χ1) is 11.3. The summed E-state index contributed by atoms with van der Waals surface area (Å²) in [7, 11) is 0. The van der Waals surface area contributed by atoms with Crippen molar-refractivity contribution in [3.63, 3.8) is 0 Å². The third kappa shape index (κ3) is 2.80. The van der Waals surface area contributed by atoms with E-state index in [1.54, 1.807) is 16.8 Å². The fourth-order valence-electron chi connectivity index (χ4n) is 2.38. The molecule has 4 rings (SSSR count). The molecular weight excluding hydrogens is 311 g/mol. The molecule has 0 bridgehead atoms. The summed E-state index contributed by atoms with van der Waals surface area (Å²) in [6.07, 6.45) is 1.72. The van der Waals surface area contributed by atoms with Gasteiger partial charge in [0.2, 0.25) is 10.1 Å². The van der Waals surface area contributed by atoms with Gasteiger partial charge in [0, 0.05) is 12.1 Å². The average Bonchev–Trinajstić information content (AvgIpc) is 3.14. The lowest BCUT2D eigenvalue weighted by molar-refractivity contribution is 0.628. The van der Waals surface area contributed by atoms with E-state index < -0.39 is 0 Å². The molecule has 2 aromatic carbocycles. The number of halogens is 1. The second kappa shape index (κ2) is 5.81. The van der Waals surface area contributed by atoms with E-state index in [1.807, 2.05) is 24.3 Å². The van der Waals surface area contributed by atoms with Crippen LogP contribution in [0.4, 0.5) is 9.52 Å². The number of hydrogen-bond donors (Lipinski definition) is 1. The minimum atomic E-state index is -0.268. The van der Waals surface area contributed by atoms with Crippen molar-refractivity contribution in [3.05, 3.63) is 72.2 Å². The van der Waals surface area contributed by atoms with Gasteiger partial charge >= 0.3 is 0 Å². The minimum absolute atomic E-state index is 0.268. The van der Waals surface area contributed by atoms with Crippen molar-refractivity contribution in [2.45, 2.75) is 6.54 Å². The summed E-state index contributed by atoms with van der Waals surface area (Å²) in [5, 5.41) is 8.62.